The van der Waals surface area contributed by atoms with Crippen molar-refractivity contribution in [2.75, 3.05) is 19.5 Å². The van der Waals surface area contributed by atoms with Gasteiger partial charge < -0.3 is 10.1 Å². The molecule has 0 aliphatic carbocycles. The average molecular weight is 404 g/mol. The summed E-state index contributed by atoms with van der Waals surface area (Å²) < 4.78 is 6.18. The van der Waals surface area contributed by atoms with Crippen molar-refractivity contribution in [2.45, 2.75) is 13.5 Å². The van der Waals surface area contributed by atoms with E-state index in [1.54, 1.807) is 7.11 Å². The molecular formula is C14H15ClIN3O. The van der Waals surface area contributed by atoms with Crippen LogP contribution in [-0.2, 0) is 11.3 Å². The maximum atomic E-state index is 5.99. The van der Waals surface area contributed by atoms with E-state index < -0.39 is 0 Å². The van der Waals surface area contributed by atoms with E-state index in [9.17, 15) is 0 Å². The van der Waals surface area contributed by atoms with Gasteiger partial charge in [0.15, 0.2) is 5.82 Å². The number of benzene rings is 1. The van der Waals surface area contributed by atoms with Crippen molar-refractivity contribution < 1.29 is 4.74 Å². The Balaban J connectivity index is 2.58. The molecule has 6 heteroatoms. The van der Waals surface area contributed by atoms with Crippen LogP contribution in [0.5, 0.6) is 0 Å². The number of hydrogen-bond donors (Lipinski definition) is 1. The third-order valence-corrected chi connectivity index (χ3v) is 4.24. The normalized spacial score (nSPS) is 10.7. The monoisotopic (exact) mass is 403 g/mol. The second-order valence-electron chi connectivity index (χ2n) is 4.30. The number of ether oxygens (including phenoxy) is 1. The SMILES string of the molecule is CNc1nc(-c2ccc(Cl)cc2C)nc(COC)c1I. The minimum absolute atomic E-state index is 0.453. The predicted octanol–water partition coefficient (Wildman–Crippen LogP) is 3.90. The fourth-order valence-corrected chi connectivity index (χ4v) is 2.78. The largest absolute Gasteiger partial charge is 0.378 e. The van der Waals surface area contributed by atoms with Gasteiger partial charge in [-0.3, -0.25) is 0 Å². The lowest BCUT2D eigenvalue weighted by Gasteiger charge is -2.12. The van der Waals surface area contributed by atoms with Crippen LogP contribution >= 0.6 is 34.2 Å². The Labute approximate surface area is 137 Å². The molecule has 106 valence electrons. The van der Waals surface area contributed by atoms with Gasteiger partial charge in [0.1, 0.15) is 5.82 Å². The first-order valence-electron chi connectivity index (χ1n) is 6.06. The van der Waals surface area contributed by atoms with Crippen LogP contribution in [0.25, 0.3) is 11.4 Å². The highest BCUT2D eigenvalue weighted by Crippen LogP contribution is 2.27. The molecule has 0 unspecified atom stereocenters. The number of methoxy groups -OCH3 is 1. The van der Waals surface area contributed by atoms with Gasteiger partial charge in [-0.05, 0) is 53.3 Å². The van der Waals surface area contributed by atoms with E-state index in [0.29, 0.717) is 17.5 Å². The van der Waals surface area contributed by atoms with Gasteiger partial charge in [0.2, 0.25) is 0 Å². The van der Waals surface area contributed by atoms with Gasteiger partial charge in [0.25, 0.3) is 0 Å². The topological polar surface area (TPSA) is 47.0 Å². The molecule has 1 N–H and O–H groups in total. The lowest BCUT2D eigenvalue weighted by molar-refractivity contribution is 0.181. The van der Waals surface area contributed by atoms with Crippen molar-refractivity contribution in [1.82, 2.24) is 9.97 Å². The first-order valence-corrected chi connectivity index (χ1v) is 7.52. The first kappa shape index (κ1) is 15.5. The molecule has 4 nitrogen and oxygen atoms in total. The molecule has 0 aliphatic rings. The fraction of sp³-hybridized carbons (Fsp3) is 0.286. The second kappa shape index (κ2) is 6.69. The summed E-state index contributed by atoms with van der Waals surface area (Å²) in [5.74, 6) is 1.48. The quantitative estimate of drug-likeness (QED) is 0.787. The van der Waals surface area contributed by atoms with Crippen molar-refractivity contribution in [3.8, 4) is 11.4 Å². The Morgan fingerprint density at radius 1 is 1.35 bits per heavy atom. The number of anilines is 1. The number of aryl methyl sites for hydroxylation is 1. The Bertz CT molecular complexity index is 634. The molecule has 0 aliphatic heterocycles. The van der Waals surface area contributed by atoms with Gasteiger partial charge in [-0.2, -0.15) is 0 Å². The molecule has 2 rings (SSSR count). The third kappa shape index (κ3) is 3.21. The molecular weight excluding hydrogens is 389 g/mol. The summed E-state index contributed by atoms with van der Waals surface area (Å²) in [5.41, 5.74) is 2.89. The lowest BCUT2D eigenvalue weighted by Crippen LogP contribution is -2.06. The molecule has 0 saturated carbocycles. The van der Waals surface area contributed by atoms with Gasteiger partial charge in [0.05, 0.1) is 15.9 Å². The van der Waals surface area contributed by atoms with Crippen molar-refractivity contribution in [1.29, 1.82) is 0 Å². The maximum Gasteiger partial charge on any atom is 0.162 e. The smallest absolute Gasteiger partial charge is 0.162 e. The lowest BCUT2D eigenvalue weighted by atomic mass is 10.1. The van der Waals surface area contributed by atoms with E-state index in [4.69, 9.17) is 16.3 Å². The highest BCUT2D eigenvalue weighted by Gasteiger charge is 2.14. The zero-order valence-corrected chi connectivity index (χ0v) is 14.4. The van der Waals surface area contributed by atoms with E-state index in [0.717, 1.165) is 26.2 Å². The van der Waals surface area contributed by atoms with E-state index >= 15 is 0 Å². The van der Waals surface area contributed by atoms with Gasteiger partial charge in [-0.15, -0.1) is 0 Å². The van der Waals surface area contributed by atoms with Crippen LogP contribution in [0.1, 0.15) is 11.3 Å². The minimum Gasteiger partial charge on any atom is -0.378 e. The van der Waals surface area contributed by atoms with Crippen LogP contribution in [0.2, 0.25) is 5.02 Å². The summed E-state index contributed by atoms with van der Waals surface area (Å²) in [6.45, 7) is 2.45. The maximum absolute atomic E-state index is 5.99. The Kier molecular flexibility index (Phi) is 5.17. The first-order chi connectivity index (χ1) is 9.56. The van der Waals surface area contributed by atoms with Gasteiger partial charge in [-0.1, -0.05) is 11.6 Å². The van der Waals surface area contributed by atoms with E-state index in [1.807, 2.05) is 32.2 Å². The van der Waals surface area contributed by atoms with E-state index in [-0.39, 0.29) is 0 Å². The van der Waals surface area contributed by atoms with Crippen molar-refractivity contribution in [2.24, 2.45) is 0 Å². The summed E-state index contributed by atoms with van der Waals surface area (Å²) in [5, 5.41) is 3.81. The second-order valence-corrected chi connectivity index (χ2v) is 5.81. The van der Waals surface area contributed by atoms with Crippen molar-refractivity contribution >= 4 is 40.0 Å². The minimum atomic E-state index is 0.453. The predicted molar refractivity (Wildman–Crippen MR) is 90.2 cm³/mol. The van der Waals surface area contributed by atoms with Crippen LogP contribution in [0, 0.1) is 10.5 Å². The van der Waals surface area contributed by atoms with Crippen LogP contribution in [0.4, 0.5) is 5.82 Å². The number of aromatic nitrogens is 2. The highest BCUT2D eigenvalue weighted by atomic mass is 127. The fourth-order valence-electron chi connectivity index (χ4n) is 1.89. The standard InChI is InChI=1S/C14H15ClIN3O/c1-8-6-9(15)4-5-10(8)13-18-11(7-20-3)12(16)14(17-2)19-13/h4-6H,7H2,1-3H3,(H,17,18,19). The van der Waals surface area contributed by atoms with Gasteiger partial charge >= 0.3 is 0 Å². The number of nitrogens with one attached hydrogen (secondary N) is 1. The van der Waals surface area contributed by atoms with Crippen LogP contribution in [0.15, 0.2) is 18.2 Å². The number of halogens is 2. The Morgan fingerprint density at radius 3 is 2.70 bits per heavy atom. The molecule has 1 heterocycles. The zero-order valence-electron chi connectivity index (χ0n) is 11.5. The number of rotatable bonds is 4. The molecule has 0 atom stereocenters. The molecule has 1 aromatic carbocycles. The van der Waals surface area contributed by atoms with Crippen molar-refractivity contribution in [3.05, 3.63) is 38.0 Å². The van der Waals surface area contributed by atoms with E-state index in [1.165, 1.54) is 0 Å². The molecule has 1 aromatic heterocycles. The van der Waals surface area contributed by atoms with Gasteiger partial charge in [0, 0.05) is 24.7 Å². The molecule has 0 bridgehead atoms. The molecule has 0 spiro atoms. The molecule has 2 aromatic rings. The zero-order chi connectivity index (χ0) is 14.7. The molecule has 0 amide bonds. The van der Waals surface area contributed by atoms with Gasteiger partial charge in [-0.25, -0.2) is 9.97 Å². The van der Waals surface area contributed by atoms with Crippen LogP contribution in [0.3, 0.4) is 0 Å². The summed E-state index contributed by atoms with van der Waals surface area (Å²) in [4.78, 5) is 9.17. The molecule has 0 saturated heterocycles. The Morgan fingerprint density at radius 2 is 2.10 bits per heavy atom. The number of nitrogens with zero attached hydrogens (tertiary/aromatic N) is 2. The summed E-state index contributed by atoms with van der Waals surface area (Å²) >= 11 is 8.22. The summed E-state index contributed by atoms with van der Waals surface area (Å²) in [7, 11) is 3.50. The molecule has 20 heavy (non-hydrogen) atoms. The summed E-state index contributed by atoms with van der Waals surface area (Å²) in [6.07, 6.45) is 0. The highest BCUT2D eigenvalue weighted by molar-refractivity contribution is 14.1. The number of hydrogen-bond acceptors (Lipinski definition) is 4. The van der Waals surface area contributed by atoms with E-state index in [2.05, 4.69) is 37.9 Å². The average Bonchev–Trinajstić information content (AvgIpc) is 2.41. The molecule has 0 fully saturated rings. The van der Waals surface area contributed by atoms with Crippen LogP contribution in [-0.4, -0.2) is 24.1 Å². The van der Waals surface area contributed by atoms with Crippen molar-refractivity contribution in [3.63, 3.8) is 0 Å². The van der Waals surface area contributed by atoms with Crippen LogP contribution < -0.4 is 5.32 Å². The molecule has 0 radical (unpaired) electrons. The third-order valence-electron chi connectivity index (χ3n) is 2.87. The summed E-state index contributed by atoms with van der Waals surface area (Å²) in [6, 6.07) is 5.70. The Hall–Kier alpha value is -0.920.